The number of aliphatic hydroxyl groups excluding tert-OH is 2. The maximum absolute atomic E-state index is 11.3. The van der Waals surface area contributed by atoms with Crippen LogP contribution in [-0.2, 0) is 0 Å². The molecule has 3 fully saturated rings. The van der Waals surface area contributed by atoms with E-state index in [9.17, 15) is 10.2 Å². The van der Waals surface area contributed by atoms with Crippen LogP contribution in [0.15, 0.2) is 23.3 Å². The molecule has 4 unspecified atom stereocenters. The minimum absolute atomic E-state index is 0.192. The third-order valence-electron chi connectivity index (χ3n) is 11.1. The van der Waals surface area contributed by atoms with Crippen LogP contribution in [0.5, 0.6) is 0 Å². The van der Waals surface area contributed by atoms with E-state index in [0.29, 0.717) is 40.9 Å². The molecule has 2 N–H and O–H groups in total. The summed E-state index contributed by atoms with van der Waals surface area (Å²) in [6.45, 7) is 16.8. The van der Waals surface area contributed by atoms with E-state index < -0.39 is 0 Å². The molecule has 0 aromatic carbocycles. The summed E-state index contributed by atoms with van der Waals surface area (Å²) in [6, 6.07) is 0. The van der Waals surface area contributed by atoms with Gasteiger partial charge in [0.1, 0.15) is 0 Å². The summed E-state index contributed by atoms with van der Waals surface area (Å²) in [5.74, 6) is 4.30. The molecule has 0 saturated heterocycles. The van der Waals surface area contributed by atoms with E-state index in [2.05, 4.69) is 60.6 Å². The van der Waals surface area contributed by atoms with E-state index in [-0.39, 0.29) is 17.6 Å². The van der Waals surface area contributed by atoms with E-state index in [1.54, 1.807) is 5.57 Å². The third kappa shape index (κ3) is 3.78. The zero-order valence-corrected chi connectivity index (χ0v) is 21.2. The van der Waals surface area contributed by atoms with Gasteiger partial charge in [-0.15, -0.1) is 0 Å². The van der Waals surface area contributed by atoms with Crippen molar-refractivity contribution in [1.29, 1.82) is 0 Å². The molecule has 2 nitrogen and oxygen atoms in total. The quantitative estimate of drug-likeness (QED) is 0.485. The van der Waals surface area contributed by atoms with E-state index in [4.69, 9.17) is 0 Å². The molecule has 4 aliphatic rings. The summed E-state index contributed by atoms with van der Waals surface area (Å²) in [5.41, 5.74) is 3.45. The highest BCUT2D eigenvalue weighted by Gasteiger charge is 2.61. The maximum atomic E-state index is 11.3. The molecule has 31 heavy (non-hydrogen) atoms. The summed E-state index contributed by atoms with van der Waals surface area (Å²) in [6.07, 6.45) is 12.2. The van der Waals surface area contributed by atoms with E-state index in [1.807, 2.05) is 0 Å². The normalized spacial score (nSPS) is 47.3. The van der Waals surface area contributed by atoms with E-state index >= 15 is 0 Å². The molecule has 0 amide bonds. The predicted octanol–water partition coefficient (Wildman–Crippen LogP) is 6.77. The molecule has 0 bridgehead atoms. The number of allylic oxidation sites excluding steroid dienone is 2. The lowest BCUT2D eigenvalue weighted by Crippen LogP contribution is -2.54. The average Bonchev–Trinajstić information content (AvgIpc) is 3.05. The van der Waals surface area contributed by atoms with Gasteiger partial charge in [-0.25, -0.2) is 0 Å². The molecule has 0 aliphatic heterocycles. The SMILES string of the molecule is C/C(=C\[C@@H](C)C1CCC2C3C(CC[C@@]21C)[C@@]1(C)CC[C@H](O)CC1=C[C@H]3O)[C@H](C)C(C)C. The van der Waals surface area contributed by atoms with Crippen molar-refractivity contribution < 1.29 is 10.2 Å². The molecule has 0 radical (unpaired) electrons. The van der Waals surface area contributed by atoms with E-state index in [0.717, 1.165) is 25.2 Å². The first-order valence-corrected chi connectivity index (χ1v) is 13.2. The Hall–Kier alpha value is -0.600. The highest BCUT2D eigenvalue weighted by atomic mass is 16.3. The highest BCUT2D eigenvalue weighted by molar-refractivity contribution is 5.28. The average molecular weight is 429 g/mol. The number of fused-ring (bicyclic) bond motifs is 5. The number of rotatable bonds is 4. The Labute approximate surface area is 191 Å². The van der Waals surface area contributed by atoms with Crippen molar-refractivity contribution in [3.63, 3.8) is 0 Å². The first kappa shape index (κ1) is 23.6. The molecule has 2 heteroatoms. The number of hydrogen-bond acceptors (Lipinski definition) is 2. The second-order valence-corrected chi connectivity index (χ2v) is 12.8. The van der Waals surface area contributed by atoms with Crippen LogP contribution in [0, 0.1) is 52.3 Å². The smallest absolute Gasteiger partial charge is 0.0757 e. The molecular weight excluding hydrogens is 380 g/mol. The molecule has 3 saturated carbocycles. The molecule has 10 atom stereocenters. The number of aliphatic hydroxyl groups is 2. The van der Waals surface area contributed by atoms with Gasteiger partial charge in [0.15, 0.2) is 0 Å². The topological polar surface area (TPSA) is 40.5 Å². The lowest BCUT2D eigenvalue weighted by molar-refractivity contribution is -0.0951. The monoisotopic (exact) mass is 428 g/mol. The van der Waals surface area contributed by atoms with Gasteiger partial charge in [-0.1, -0.05) is 64.8 Å². The summed E-state index contributed by atoms with van der Waals surface area (Å²) in [7, 11) is 0. The molecule has 0 aromatic rings. The van der Waals surface area contributed by atoms with Crippen LogP contribution in [0.4, 0.5) is 0 Å². The Morgan fingerprint density at radius 2 is 1.71 bits per heavy atom. The Morgan fingerprint density at radius 1 is 1.00 bits per heavy atom. The molecule has 0 heterocycles. The van der Waals surface area contributed by atoms with Crippen LogP contribution in [0.1, 0.15) is 93.4 Å². The predicted molar refractivity (Wildman–Crippen MR) is 130 cm³/mol. The van der Waals surface area contributed by atoms with Crippen LogP contribution in [-0.4, -0.2) is 22.4 Å². The zero-order chi connectivity index (χ0) is 22.7. The fourth-order valence-corrected chi connectivity index (χ4v) is 8.74. The molecule has 4 rings (SSSR count). The zero-order valence-electron chi connectivity index (χ0n) is 21.2. The minimum Gasteiger partial charge on any atom is -0.393 e. The Bertz CT molecular complexity index is 735. The molecule has 0 aromatic heterocycles. The lowest BCUT2D eigenvalue weighted by Gasteiger charge is -2.59. The van der Waals surface area contributed by atoms with Gasteiger partial charge >= 0.3 is 0 Å². The first-order chi connectivity index (χ1) is 14.5. The molecule has 4 aliphatic carbocycles. The van der Waals surface area contributed by atoms with Gasteiger partial charge < -0.3 is 10.2 Å². The fraction of sp³-hybridized carbons (Fsp3) is 0.862. The van der Waals surface area contributed by atoms with Crippen molar-refractivity contribution in [3.05, 3.63) is 23.3 Å². The van der Waals surface area contributed by atoms with Crippen LogP contribution in [0.25, 0.3) is 0 Å². The first-order valence-electron chi connectivity index (χ1n) is 13.2. The van der Waals surface area contributed by atoms with Gasteiger partial charge in [0.2, 0.25) is 0 Å². The van der Waals surface area contributed by atoms with Gasteiger partial charge in [-0.2, -0.15) is 0 Å². The van der Waals surface area contributed by atoms with Crippen molar-refractivity contribution in [2.24, 2.45) is 52.3 Å². The molecular formula is C29H48O2. The standard InChI is InChI=1S/C29H48O2/c1-17(2)20(5)18(3)14-19(4)23-8-9-24-27-25(11-13-29(23,24)7)28(6)12-10-22(30)15-21(28)16-26(27)31/h14,16-17,19-20,22-27,30-31H,8-13,15H2,1-7H3/b18-14+/t19-,20-,22+,23?,24?,25?,26-,27?,28+,29-/m1/s1. The summed E-state index contributed by atoms with van der Waals surface area (Å²) in [4.78, 5) is 0. The highest BCUT2D eigenvalue weighted by Crippen LogP contribution is 2.67. The fourth-order valence-electron chi connectivity index (χ4n) is 8.74. The summed E-state index contributed by atoms with van der Waals surface area (Å²) < 4.78 is 0. The largest absolute Gasteiger partial charge is 0.393 e. The Kier molecular flexibility index (Phi) is 6.32. The van der Waals surface area contributed by atoms with Gasteiger partial charge in [-0.05, 0) is 104 Å². The van der Waals surface area contributed by atoms with Crippen molar-refractivity contribution >= 4 is 0 Å². The van der Waals surface area contributed by atoms with Crippen molar-refractivity contribution in [2.45, 2.75) is 106 Å². The van der Waals surface area contributed by atoms with Crippen molar-refractivity contribution in [1.82, 2.24) is 0 Å². The van der Waals surface area contributed by atoms with Gasteiger partial charge in [0, 0.05) is 0 Å². The van der Waals surface area contributed by atoms with Crippen molar-refractivity contribution in [2.75, 3.05) is 0 Å². The summed E-state index contributed by atoms with van der Waals surface area (Å²) >= 11 is 0. The van der Waals surface area contributed by atoms with Crippen LogP contribution >= 0.6 is 0 Å². The van der Waals surface area contributed by atoms with Crippen molar-refractivity contribution in [3.8, 4) is 0 Å². The summed E-state index contributed by atoms with van der Waals surface area (Å²) in [5, 5.41) is 21.6. The van der Waals surface area contributed by atoms with Gasteiger partial charge in [0.25, 0.3) is 0 Å². The molecule has 0 spiro atoms. The third-order valence-corrected chi connectivity index (χ3v) is 11.1. The minimum atomic E-state index is -0.324. The van der Waals surface area contributed by atoms with Gasteiger partial charge in [-0.3, -0.25) is 0 Å². The van der Waals surface area contributed by atoms with Gasteiger partial charge in [0.05, 0.1) is 12.2 Å². The second-order valence-electron chi connectivity index (χ2n) is 12.8. The van der Waals surface area contributed by atoms with Crippen LogP contribution in [0.3, 0.4) is 0 Å². The lowest BCUT2D eigenvalue weighted by atomic mass is 9.46. The number of hydrogen-bond donors (Lipinski definition) is 2. The Morgan fingerprint density at radius 3 is 2.39 bits per heavy atom. The maximum Gasteiger partial charge on any atom is 0.0757 e. The van der Waals surface area contributed by atoms with E-state index in [1.165, 1.54) is 31.3 Å². The Balaban J connectivity index is 1.59. The van der Waals surface area contributed by atoms with Crippen LogP contribution < -0.4 is 0 Å². The second kappa shape index (κ2) is 8.32. The molecule has 176 valence electrons. The van der Waals surface area contributed by atoms with Crippen LogP contribution in [0.2, 0.25) is 0 Å².